The first-order valence-corrected chi connectivity index (χ1v) is 7.16. The van der Waals surface area contributed by atoms with Gasteiger partial charge in [-0.15, -0.1) is 11.3 Å². The van der Waals surface area contributed by atoms with Crippen molar-refractivity contribution in [3.63, 3.8) is 0 Å². The summed E-state index contributed by atoms with van der Waals surface area (Å²) in [6.07, 6.45) is 2.46. The van der Waals surface area contributed by atoms with Crippen LogP contribution in [0.25, 0.3) is 0 Å². The second-order valence-corrected chi connectivity index (χ2v) is 6.05. The smallest absolute Gasteiger partial charge is 0.270 e. The van der Waals surface area contributed by atoms with E-state index in [1.54, 1.807) is 0 Å². The Labute approximate surface area is 125 Å². The van der Waals surface area contributed by atoms with Crippen LogP contribution in [0.5, 0.6) is 0 Å². The summed E-state index contributed by atoms with van der Waals surface area (Å²) in [5.41, 5.74) is 1.82. The first-order chi connectivity index (χ1) is 9.40. The van der Waals surface area contributed by atoms with Gasteiger partial charge in [0.15, 0.2) is 0 Å². The highest BCUT2D eigenvalue weighted by Gasteiger charge is 2.13. The van der Waals surface area contributed by atoms with Crippen LogP contribution in [-0.2, 0) is 11.3 Å². The molecule has 0 saturated heterocycles. The molecular formula is C13H14ClN3O2S. The Kier molecular flexibility index (Phi) is 4.25. The van der Waals surface area contributed by atoms with Gasteiger partial charge in [0, 0.05) is 4.88 Å². The number of anilines is 1. The number of carbonyl (C=O) groups is 1. The highest BCUT2D eigenvalue weighted by atomic mass is 35.5. The Morgan fingerprint density at radius 2 is 2.05 bits per heavy atom. The van der Waals surface area contributed by atoms with Gasteiger partial charge >= 0.3 is 0 Å². The molecule has 0 atom stereocenters. The molecular weight excluding hydrogens is 298 g/mol. The van der Waals surface area contributed by atoms with Crippen molar-refractivity contribution in [2.45, 2.75) is 27.3 Å². The van der Waals surface area contributed by atoms with Gasteiger partial charge in [-0.3, -0.25) is 19.1 Å². The van der Waals surface area contributed by atoms with Gasteiger partial charge in [-0.1, -0.05) is 11.6 Å². The highest BCUT2D eigenvalue weighted by Crippen LogP contribution is 2.31. The lowest BCUT2D eigenvalue weighted by atomic mass is 10.2. The van der Waals surface area contributed by atoms with Crippen molar-refractivity contribution < 1.29 is 4.79 Å². The van der Waals surface area contributed by atoms with E-state index in [2.05, 4.69) is 10.3 Å². The van der Waals surface area contributed by atoms with Crippen LogP contribution in [-0.4, -0.2) is 15.5 Å². The fourth-order valence-corrected chi connectivity index (χ4v) is 3.01. The maximum atomic E-state index is 12.0. The number of aryl methyl sites for hydroxylation is 1. The average molecular weight is 312 g/mol. The lowest BCUT2D eigenvalue weighted by molar-refractivity contribution is -0.116. The highest BCUT2D eigenvalue weighted by molar-refractivity contribution is 7.16. The molecule has 0 unspecified atom stereocenters. The zero-order valence-corrected chi connectivity index (χ0v) is 12.9. The summed E-state index contributed by atoms with van der Waals surface area (Å²) < 4.78 is 1.17. The molecule has 0 saturated carbocycles. The van der Waals surface area contributed by atoms with Crippen LogP contribution in [0.1, 0.15) is 16.0 Å². The van der Waals surface area contributed by atoms with Crippen molar-refractivity contribution >= 4 is 33.8 Å². The van der Waals surface area contributed by atoms with E-state index in [0.717, 1.165) is 21.6 Å². The van der Waals surface area contributed by atoms with Crippen molar-refractivity contribution in [3.8, 4) is 0 Å². The molecule has 7 heteroatoms. The zero-order chi connectivity index (χ0) is 14.9. The van der Waals surface area contributed by atoms with Crippen LogP contribution in [0.3, 0.4) is 0 Å². The number of amides is 1. The minimum absolute atomic E-state index is 0.129. The monoisotopic (exact) mass is 311 g/mol. The number of nitrogens with zero attached hydrogens (tertiary/aromatic N) is 2. The molecule has 0 spiro atoms. The van der Waals surface area contributed by atoms with Crippen molar-refractivity contribution in [1.29, 1.82) is 0 Å². The lowest BCUT2D eigenvalue weighted by Crippen LogP contribution is -2.27. The third-order valence-corrected chi connectivity index (χ3v) is 4.66. The van der Waals surface area contributed by atoms with Crippen LogP contribution < -0.4 is 10.9 Å². The fourth-order valence-electron chi connectivity index (χ4n) is 1.73. The quantitative estimate of drug-likeness (QED) is 0.947. The predicted molar refractivity (Wildman–Crippen MR) is 80.7 cm³/mol. The molecule has 0 bridgehead atoms. The summed E-state index contributed by atoms with van der Waals surface area (Å²) in [6, 6.07) is 0. The molecule has 0 aliphatic rings. The van der Waals surface area contributed by atoms with Crippen LogP contribution >= 0.6 is 22.9 Å². The van der Waals surface area contributed by atoms with Crippen molar-refractivity contribution in [2.24, 2.45) is 0 Å². The third kappa shape index (κ3) is 2.91. The standard InChI is InChI=1S/C13H14ClN3O2S/c1-7-8(2)13(20-9(7)3)16-11(18)6-17-10(14)4-15-5-12(17)19/h4-5H,6H2,1-3H3,(H,16,18). The van der Waals surface area contributed by atoms with Gasteiger partial charge in [-0.2, -0.15) is 0 Å². The lowest BCUT2D eigenvalue weighted by Gasteiger charge is -2.08. The average Bonchev–Trinajstić information content (AvgIpc) is 2.62. The van der Waals surface area contributed by atoms with Crippen LogP contribution in [0.2, 0.25) is 5.15 Å². The Balaban J connectivity index is 2.17. The van der Waals surface area contributed by atoms with E-state index < -0.39 is 5.56 Å². The van der Waals surface area contributed by atoms with Crippen molar-refractivity contribution in [1.82, 2.24) is 9.55 Å². The van der Waals surface area contributed by atoms with E-state index >= 15 is 0 Å². The molecule has 20 heavy (non-hydrogen) atoms. The largest absolute Gasteiger partial charge is 0.316 e. The normalized spacial score (nSPS) is 10.6. The van der Waals surface area contributed by atoms with Crippen molar-refractivity contribution in [3.05, 3.63) is 43.9 Å². The molecule has 0 aliphatic heterocycles. The van der Waals surface area contributed by atoms with Crippen LogP contribution in [0.15, 0.2) is 17.2 Å². The van der Waals surface area contributed by atoms with Gasteiger partial charge in [0.05, 0.1) is 17.4 Å². The van der Waals surface area contributed by atoms with Gasteiger partial charge in [-0.25, -0.2) is 0 Å². The summed E-state index contributed by atoms with van der Waals surface area (Å²) in [7, 11) is 0. The molecule has 2 rings (SSSR count). The zero-order valence-electron chi connectivity index (χ0n) is 11.4. The summed E-state index contributed by atoms with van der Waals surface area (Å²) in [6.45, 7) is 5.85. The molecule has 2 heterocycles. The number of hydrogen-bond donors (Lipinski definition) is 1. The molecule has 2 aromatic heterocycles. The Bertz CT molecular complexity index is 721. The molecule has 1 amide bonds. The van der Waals surface area contributed by atoms with Crippen LogP contribution in [0, 0.1) is 20.8 Å². The van der Waals surface area contributed by atoms with Gasteiger partial charge in [-0.05, 0) is 31.9 Å². The first-order valence-electron chi connectivity index (χ1n) is 5.97. The number of rotatable bonds is 3. The maximum Gasteiger partial charge on any atom is 0.270 e. The van der Waals surface area contributed by atoms with Crippen molar-refractivity contribution in [2.75, 3.05) is 5.32 Å². The van der Waals surface area contributed by atoms with Gasteiger partial charge < -0.3 is 5.32 Å². The number of nitrogens with one attached hydrogen (secondary N) is 1. The molecule has 106 valence electrons. The van der Waals surface area contributed by atoms with Gasteiger partial charge in [0.2, 0.25) is 5.91 Å². The number of thiophene rings is 1. The fraction of sp³-hybridized carbons (Fsp3) is 0.308. The Hall–Kier alpha value is -1.66. The van der Waals surface area contributed by atoms with E-state index in [4.69, 9.17) is 11.6 Å². The van der Waals surface area contributed by atoms with E-state index in [1.165, 1.54) is 27.7 Å². The molecule has 0 fully saturated rings. The minimum Gasteiger partial charge on any atom is -0.316 e. The third-order valence-electron chi connectivity index (χ3n) is 3.13. The van der Waals surface area contributed by atoms with Gasteiger partial charge in [0.1, 0.15) is 11.7 Å². The molecule has 2 aromatic rings. The van der Waals surface area contributed by atoms with E-state index in [9.17, 15) is 9.59 Å². The summed E-state index contributed by atoms with van der Waals surface area (Å²) >= 11 is 7.38. The molecule has 0 radical (unpaired) electrons. The molecule has 1 N–H and O–H groups in total. The molecule has 0 aliphatic carbocycles. The second kappa shape index (κ2) is 5.76. The van der Waals surface area contributed by atoms with E-state index in [-0.39, 0.29) is 17.6 Å². The van der Waals surface area contributed by atoms with Crippen LogP contribution in [0.4, 0.5) is 5.00 Å². The summed E-state index contributed by atoms with van der Waals surface area (Å²) in [5, 5.41) is 3.77. The number of aromatic nitrogens is 2. The summed E-state index contributed by atoms with van der Waals surface area (Å²) in [5.74, 6) is -0.287. The predicted octanol–water partition coefficient (Wildman–Crippen LogP) is 2.52. The Morgan fingerprint density at radius 3 is 2.60 bits per heavy atom. The van der Waals surface area contributed by atoms with E-state index in [0.29, 0.717) is 0 Å². The van der Waals surface area contributed by atoms with Gasteiger partial charge in [0.25, 0.3) is 5.56 Å². The second-order valence-electron chi connectivity index (χ2n) is 4.44. The van der Waals surface area contributed by atoms with E-state index in [1.807, 2.05) is 20.8 Å². The molecule has 5 nitrogen and oxygen atoms in total. The number of halogens is 1. The Morgan fingerprint density at radius 1 is 1.35 bits per heavy atom. The maximum absolute atomic E-state index is 12.0. The summed E-state index contributed by atoms with van der Waals surface area (Å²) in [4.78, 5) is 28.4. The topological polar surface area (TPSA) is 64.0 Å². The SMILES string of the molecule is Cc1sc(NC(=O)Cn2c(Cl)cncc2=O)c(C)c1C. The number of hydrogen-bond acceptors (Lipinski definition) is 4. The molecule has 0 aromatic carbocycles. The first kappa shape index (κ1) is 14.7. The minimum atomic E-state index is -0.400. The number of carbonyl (C=O) groups excluding carboxylic acids is 1.